The molecular formula is C18H25NO3. The molecule has 1 saturated carbocycles. The lowest BCUT2D eigenvalue weighted by atomic mass is 10.0. The molecule has 0 bridgehead atoms. The van der Waals surface area contributed by atoms with Crippen molar-refractivity contribution < 1.29 is 14.3 Å². The fourth-order valence-corrected chi connectivity index (χ4v) is 3.75. The SMILES string of the molecule is CO[C@@H]1CC[C@H]2[C@H]1OCCN2C(=O)CCc1ccccc1C. The summed E-state index contributed by atoms with van der Waals surface area (Å²) in [6.07, 6.45) is 3.55. The first-order chi connectivity index (χ1) is 10.7. The number of carbonyl (C=O) groups excluding carboxylic acids is 1. The first-order valence-electron chi connectivity index (χ1n) is 8.19. The van der Waals surface area contributed by atoms with E-state index >= 15 is 0 Å². The Bertz CT molecular complexity index is 531. The topological polar surface area (TPSA) is 38.8 Å². The molecule has 0 aromatic heterocycles. The molecule has 3 atom stereocenters. The number of ether oxygens (including phenoxy) is 2. The number of morpholine rings is 1. The van der Waals surface area contributed by atoms with Crippen LogP contribution in [-0.4, -0.2) is 49.3 Å². The average molecular weight is 303 g/mol. The number of amides is 1. The van der Waals surface area contributed by atoms with Gasteiger partial charge < -0.3 is 14.4 Å². The van der Waals surface area contributed by atoms with Gasteiger partial charge in [-0.25, -0.2) is 0 Å². The quantitative estimate of drug-likeness (QED) is 0.857. The lowest BCUT2D eigenvalue weighted by molar-refractivity contribution is -0.149. The van der Waals surface area contributed by atoms with Gasteiger partial charge in [-0.3, -0.25) is 4.79 Å². The van der Waals surface area contributed by atoms with E-state index in [9.17, 15) is 4.79 Å². The van der Waals surface area contributed by atoms with Gasteiger partial charge in [0.05, 0.1) is 18.8 Å². The second-order valence-electron chi connectivity index (χ2n) is 6.27. The Kier molecular flexibility index (Phi) is 4.79. The Labute approximate surface area is 132 Å². The smallest absolute Gasteiger partial charge is 0.223 e. The van der Waals surface area contributed by atoms with Crippen molar-refractivity contribution >= 4 is 5.91 Å². The lowest BCUT2D eigenvalue weighted by Gasteiger charge is -2.39. The molecule has 120 valence electrons. The number of nitrogens with zero attached hydrogens (tertiary/aromatic N) is 1. The minimum absolute atomic E-state index is 0.0566. The highest BCUT2D eigenvalue weighted by Crippen LogP contribution is 2.32. The summed E-state index contributed by atoms with van der Waals surface area (Å²) in [5, 5.41) is 0. The van der Waals surface area contributed by atoms with Gasteiger partial charge in [0.25, 0.3) is 0 Å². The first kappa shape index (κ1) is 15.5. The third kappa shape index (κ3) is 3.03. The molecule has 4 nitrogen and oxygen atoms in total. The Balaban J connectivity index is 1.61. The summed E-state index contributed by atoms with van der Waals surface area (Å²) < 4.78 is 11.3. The molecule has 1 saturated heterocycles. The summed E-state index contributed by atoms with van der Waals surface area (Å²) in [7, 11) is 1.73. The summed E-state index contributed by atoms with van der Waals surface area (Å²) in [6, 6.07) is 8.49. The van der Waals surface area contributed by atoms with Crippen molar-refractivity contribution in [2.24, 2.45) is 0 Å². The summed E-state index contributed by atoms with van der Waals surface area (Å²) in [6.45, 7) is 3.44. The molecule has 0 unspecified atom stereocenters. The molecule has 22 heavy (non-hydrogen) atoms. The molecule has 1 aromatic carbocycles. The van der Waals surface area contributed by atoms with Crippen molar-refractivity contribution in [1.29, 1.82) is 0 Å². The van der Waals surface area contributed by atoms with Crippen molar-refractivity contribution in [3.05, 3.63) is 35.4 Å². The van der Waals surface area contributed by atoms with E-state index in [0.717, 1.165) is 19.3 Å². The highest BCUT2D eigenvalue weighted by atomic mass is 16.5. The van der Waals surface area contributed by atoms with E-state index in [4.69, 9.17) is 9.47 Å². The fraction of sp³-hybridized carbons (Fsp3) is 0.611. The van der Waals surface area contributed by atoms with Crippen LogP contribution < -0.4 is 0 Å². The van der Waals surface area contributed by atoms with E-state index in [-0.39, 0.29) is 24.2 Å². The van der Waals surface area contributed by atoms with Crippen molar-refractivity contribution in [3.8, 4) is 0 Å². The number of methoxy groups -OCH3 is 1. The van der Waals surface area contributed by atoms with E-state index in [1.165, 1.54) is 11.1 Å². The number of hydrogen-bond donors (Lipinski definition) is 0. The van der Waals surface area contributed by atoms with Gasteiger partial charge in [-0.1, -0.05) is 24.3 Å². The first-order valence-corrected chi connectivity index (χ1v) is 8.19. The number of hydrogen-bond acceptors (Lipinski definition) is 3. The third-order valence-corrected chi connectivity index (χ3v) is 5.03. The van der Waals surface area contributed by atoms with Gasteiger partial charge in [0.1, 0.15) is 6.10 Å². The molecule has 1 aliphatic carbocycles. The van der Waals surface area contributed by atoms with Crippen molar-refractivity contribution in [2.75, 3.05) is 20.3 Å². The number of aryl methyl sites for hydroxylation is 2. The van der Waals surface area contributed by atoms with Crippen LogP contribution in [0.2, 0.25) is 0 Å². The summed E-state index contributed by atoms with van der Waals surface area (Å²) in [4.78, 5) is 14.7. The van der Waals surface area contributed by atoms with Crippen molar-refractivity contribution in [3.63, 3.8) is 0 Å². The minimum Gasteiger partial charge on any atom is -0.379 e. The zero-order valence-electron chi connectivity index (χ0n) is 13.5. The summed E-state index contributed by atoms with van der Waals surface area (Å²) in [5.41, 5.74) is 2.53. The lowest BCUT2D eigenvalue weighted by Crippen LogP contribution is -2.53. The number of fused-ring (bicyclic) bond motifs is 1. The van der Waals surface area contributed by atoms with Crippen LogP contribution in [0.3, 0.4) is 0 Å². The molecule has 0 radical (unpaired) electrons. The molecule has 1 aromatic rings. The number of rotatable bonds is 4. The fourth-order valence-electron chi connectivity index (χ4n) is 3.75. The normalized spacial score (nSPS) is 27.7. The van der Waals surface area contributed by atoms with Gasteiger partial charge >= 0.3 is 0 Å². The van der Waals surface area contributed by atoms with Crippen LogP contribution >= 0.6 is 0 Å². The second-order valence-corrected chi connectivity index (χ2v) is 6.27. The van der Waals surface area contributed by atoms with Gasteiger partial charge in [0, 0.05) is 20.1 Å². The van der Waals surface area contributed by atoms with E-state index in [2.05, 4.69) is 19.1 Å². The molecule has 2 aliphatic rings. The molecule has 1 aliphatic heterocycles. The molecule has 2 fully saturated rings. The van der Waals surface area contributed by atoms with Crippen molar-refractivity contribution in [1.82, 2.24) is 4.90 Å². The zero-order valence-corrected chi connectivity index (χ0v) is 13.5. The molecule has 0 spiro atoms. The molecule has 4 heteroatoms. The van der Waals surface area contributed by atoms with E-state index < -0.39 is 0 Å². The second kappa shape index (κ2) is 6.80. The molecule has 1 heterocycles. The predicted molar refractivity (Wildman–Crippen MR) is 84.8 cm³/mol. The number of carbonyl (C=O) groups is 1. The highest BCUT2D eigenvalue weighted by Gasteiger charge is 2.44. The van der Waals surface area contributed by atoms with Crippen LogP contribution in [0.25, 0.3) is 0 Å². The van der Waals surface area contributed by atoms with Gasteiger partial charge in [-0.05, 0) is 37.3 Å². The van der Waals surface area contributed by atoms with Crippen LogP contribution in [0.4, 0.5) is 0 Å². The summed E-state index contributed by atoms with van der Waals surface area (Å²) in [5.74, 6) is 0.248. The zero-order chi connectivity index (χ0) is 15.5. The third-order valence-electron chi connectivity index (χ3n) is 5.03. The maximum atomic E-state index is 12.6. The highest BCUT2D eigenvalue weighted by molar-refractivity contribution is 5.77. The Hall–Kier alpha value is -1.39. The largest absolute Gasteiger partial charge is 0.379 e. The molecular weight excluding hydrogens is 278 g/mol. The maximum Gasteiger partial charge on any atom is 0.223 e. The molecule has 3 rings (SSSR count). The van der Waals surface area contributed by atoms with Gasteiger partial charge in [-0.2, -0.15) is 0 Å². The Morgan fingerprint density at radius 1 is 1.36 bits per heavy atom. The average Bonchev–Trinajstić information content (AvgIpc) is 2.97. The van der Waals surface area contributed by atoms with Crippen LogP contribution in [-0.2, 0) is 20.7 Å². The minimum atomic E-state index is 0.0566. The van der Waals surface area contributed by atoms with Crippen molar-refractivity contribution in [2.45, 2.75) is 50.9 Å². The Morgan fingerprint density at radius 2 is 2.18 bits per heavy atom. The Morgan fingerprint density at radius 3 is 2.95 bits per heavy atom. The molecule has 1 amide bonds. The van der Waals surface area contributed by atoms with Crippen LogP contribution in [0.5, 0.6) is 0 Å². The van der Waals surface area contributed by atoms with E-state index in [1.54, 1.807) is 7.11 Å². The number of benzene rings is 1. The summed E-state index contributed by atoms with van der Waals surface area (Å²) >= 11 is 0. The predicted octanol–water partition coefficient (Wildman–Crippen LogP) is 2.33. The standard InChI is InChI=1S/C18H25NO3/c1-13-5-3-4-6-14(13)7-10-17(20)19-11-12-22-18-15(19)8-9-16(18)21-2/h3-6,15-16,18H,7-12H2,1-2H3/t15-,16+,18+/m0/s1. The van der Waals surface area contributed by atoms with E-state index in [0.29, 0.717) is 19.6 Å². The maximum absolute atomic E-state index is 12.6. The van der Waals surface area contributed by atoms with Crippen LogP contribution in [0.15, 0.2) is 24.3 Å². The van der Waals surface area contributed by atoms with Crippen LogP contribution in [0, 0.1) is 6.92 Å². The van der Waals surface area contributed by atoms with Gasteiger partial charge in [0.15, 0.2) is 0 Å². The van der Waals surface area contributed by atoms with Gasteiger partial charge in [-0.15, -0.1) is 0 Å². The van der Waals surface area contributed by atoms with E-state index in [1.807, 2.05) is 17.0 Å². The van der Waals surface area contributed by atoms with Crippen LogP contribution in [0.1, 0.15) is 30.4 Å². The molecule has 0 N–H and O–H groups in total. The monoisotopic (exact) mass is 303 g/mol. The van der Waals surface area contributed by atoms with Gasteiger partial charge in [0.2, 0.25) is 5.91 Å².